The zero-order valence-corrected chi connectivity index (χ0v) is 11.4. The van der Waals surface area contributed by atoms with Gasteiger partial charge in [-0.2, -0.15) is 0 Å². The highest BCUT2D eigenvalue weighted by Crippen LogP contribution is 2.23. The first-order chi connectivity index (χ1) is 9.33. The third-order valence-corrected chi connectivity index (χ3v) is 3.74. The summed E-state index contributed by atoms with van der Waals surface area (Å²) in [6, 6.07) is 10.1. The molecule has 100 valence electrons. The van der Waals surface area contributed by atoms with E-state index in [1.807, 2.05) is 37.3 Å². The van der Waals surface area contributed by atoms with Crippen LogP contribution in [0.5, 0.6) is 0 Å². The highest BCUT2D eigenvalue weighted by atomic mass is 16.4. The molecule has 3 rings (SSSR count). The second kappa shape index (κ2) is 5.57. The van der Waals surface area contributed by atoms with Gasteiger partial charge >= 0.3 is 0 Å². The number of rotatable bonds is 3. The molecule has 1 fully saturated rings. The summed E-state index contributed by atoms with van der Waals surface area (Å²) in [4.78, 5) is 7.14. The number of oxazole rings is 1. The van der Waals surface area contributed by atoms with Crippen molar-refractivity contribution in [2.75, 3.05) is 13.1 Å². The molecule has 0 atom stereocenters. The largest absolute Gasteiger partial charge is 0.441 e. The molecule has 1 aromatic heterocycles. The van der Waals surface area contributed by atoms with Gasteiger partial charge in [0.1, 0.15) is 5.76 Å². The molecule has 2 heterocycles. The second-order valence-corrected chi connectivity index (χ2v) is 5.22. The van der Waals surface area contributed by atoms with E-state index in [2.05, 4.69) is 9.88 Å². The van der Waals surface area contributed by atoms with Crippen LogP contribution < -0.4 is 0 Å². The van der Waals surface area contributed by atoms with Crippen molar-refractivity contribution in [3.05, 3.63) is 41.8 Å². The molecule has 1 saturated heterocycles. The van der Waals surface area contributed by atoms with E-state index in [1.54, 1.807) is 0 Å². The van der Waals surface area contributed by atoms with E-state index in [0.717, 1.165) is 29.5 Å². The lowest BCUT2D eigenvalue weighted by molar-refractivity contribution is 0.218. The average Bonchev–Trinajstić information content (AvgIpc) is 2.82. The van der Waals surface area contributed by atoms with Gasteiger partial charge in [-0.3, -0.25) is 4.90 Å². The number of aryl methyl sites for hydroxylation is 1. The zero-order chi connectivity index (χ0) is 13.1. The minimum absolute atomic E-state index is 0.741. The Morgan fingerprint density at radius 3 is 2.58 bits per heavy atom. The fraction of sp³-hybridized carbons (Fsp3) is 0.438. The minimum atomic E-state index is 0.741. The summed E-state index contributed by atoms with van der Waals surface area (Å²) in [5.74, 6) is 1.69. The SMILES string of the molecule is Cc1oc(-c2ccccc2)nc1CN1CCCCC1. The first kappa shape index (κ1) is 12.4. The lowest BCUT2D eigenvalue weighted by Gasteiger charge is -2.25. The van der Waals surface area contributed by atoms with Gasteiger partial charge in [-0.05, 0) is 45.0 Å². The number of nitrogens with zero attached hydrogens (tertiary/aromatic N) is 2. The van der Waals surface area contributed by atoms with Crippen LogP contribution in [0.25, 0.3) is 11.5 Å². The monoisotopic (exact) mass is 256 g/mol. The van der Waals surface area contributed by atoms with Gasteiger partial charge in [-0.15, -0.1) is 0 Å². The average molecular weight is 256 g/mol. The number of aromatic nitrogens is 1. The van der Waals surface area contributed by atoms with Crippen LogP contribution in [0.2, 0.25) is 0 Å². The van der Waals surface area contributed by atoms with E-state index in [4.69, 9.17) is 4.42 Å². The summed E-state index contributed by atoms with van der Waals surface area (Å²) < 4.78 is 5.80. The molecule has 0 N–H and O–H groups in total. The minimum Gasteiger partial charge on any atom is -0.441 e. The topological polar surface area (TPSA) is 29.3 Å². The Morgan fingerprint density at radius 1 is 1.11 bits per heavy atom. The van der Waals surface area contributed by atoms with E-state index in [1.165, 1.54) is 32.4 Å². The highest BCUT2D eigenvalue weighted by molar-refractivity contribution is 5.53. The molecule has 3 nitrogen and oxygen atoms in total. The van der Waals surface area contributed by atoms with Crippen LogP contribution in [-0.4, -0.2) is 23.0 Å². The second-order valence-electron chi connectivity index (χ2n) is 5.22. The molecular weight excluding hydrogens is 236 g/mol. The smallest absolute Gasteiger partial charge is 0.226 e. The van der Waals surface area contributed by atoms with Gasteiger partial charge in [0.25, 0.3) is 0 Å². The molecule has 3 heteroatoms. The molecule has 0 spiro atoms. The van der Waals surface area contributed by atoms with E-state index in [0.29, 0.717) is 0 Å². The molecule has 0 aliphatic carbocycles. The normalized spacial score (nSPS) is 16.7. The molecule has 0 saturated carbocycles. The van der Waals surface area contributed by atoms with Crippen molar-refractivity contribution >= 4 is 0 Å². The maximum Gasteiger partial charge on any atom is 0.226 e. The van der Waals surface area contributed by atoms with Gasteiger partial charge in [0.15, 0.2) is 0 Å². The lowest BCUT2D eigenvalue weighted by Crippen LogP contribution is -2.29. The van der Waals surface area contributed by atoms with Crippen LogP contribution >= 0.6 is 0 Å². The molecule has 0 unspecified atom stereocenters. The predicted molar refractivity (Wildman–Crippen MR) is 75.8 cm³/mol. The summed E-state index contributed by atoms with van der Waals surface area (Å²) in [6.07, 6.45) is 3.98. The van der Waals surface area contributed by atoms with Crippen LogP contribution in [0.15, 0.2) is 34.7 Å². The molecule has 0 bridgehead atoms. The Kier molecular flexibility index (Phi) is 3.65. The van der Waals surface area contributed by atoms with E-state index >= 15 is 0 Å². The first-order valence-electron chi connectivity index (χ1n) is 7.07. The summed E-state index contributed by atoms with van der Waals surface area (Å²) in [5, 5.41) is 0. The molecule has 0 amide bonds. The Balaban J connectivity index is 1.77. The molecule has 1 aliphatic heterocycles. The van der Waals surface area contributed by atoms with Crippen molar-refractivity contribution in [1.29, 1.82) is 0 Å². The highest BCUT2D eigenvalue weighted by Gasteiger charge is 2.16. The zero-order valence-electron chi connectivity index (χ0n) is 11.4. The van der Waals surface area contributed by atoms with Crippen LogP contribution in [0, 0.1) is 6.92 Å². The molecule has 0 radical (unpaired) electrons. The quantitative estimate of drug-likeness (QED) is 0.839. The van der Waals surface area contributed by atoms with Crippen LogP contribution in [0.3, 0.4) is 0 Å². The van der Waals surface area contributed by atoms with Gasteiger partial charge in [-0.25, -0.2) is 4.98 Å². The summed E-state index contributed by atoms with van der Waals surface area (Å²) in [6.45, 7) is 5.31. The Morgan fingerprint density at radius 2 is 1.84 bits per heavy atom. The Hall–Kier alpha value is -1.61. The summed E-state index contributed by atoms with van der Waals surface area (Å²) >= 11 is 0. The Bertz CT molecular complexity index is 527. The first-order valence-corrected chi connectivity index (χ1v) is 7.07. The molecule has 2 aromatic rings. The molecule has 1 aliphatic rings. The van der Waals surface area contributed by atoms with Crippen LogP contribution in [0.1, 0.15) is 30.7 Å². The van der Waals surface area contributed by atoms with Gasteiger partial charge in [0.05, 0.1) is 5.69 Å². The predicted octanol–water partition coefficient (Wildman–Crippen LogP) is 3.64. The third kappa shape index (κ3) is 2.87. The van der Waals surface area contributed by atoms with Crippen LogP contribution in [0.4, 0.5) is 0 Å². The van der Waals surface area contributed by atoms with Crippen molar-refractivity contribution in [2.45, 2.75) is 32.7 Å². The fourth-order valence-corrected chi connectivity index (χ4v) is 2.61. The van der Waals surface area contributed by atoms with Crippen molar-refractivity contribution in [3.63, 3.8) is 0 Å². The number of piperidine rings is 1. The number of likely N-dealkylation sites (tertiary alicyclic amines) is 1. The molecular formula is C16H20N2O. The number of benzene rings is 1. The van der Waals surface area contributed by atoms with Crippen molar-refractivity contribution in [2.24, 2.45) is 0 Å². The molecule has 19 heavy (non-hydrogen) atoms. The van der Waals surface area contributed by atoms with E-state index in [9.17, 15) is 0 Å². The Labute approximate surface area is 114 Å². The van der Waals surface area contributed by atoms with Crippen molar-refractivity contribution in [1.82, 2.24) is 9.88 Å². The fourth-order valence-electron chi connectivity index (χ4n) is 2.61. The lowest BCUT2D eigenvalue weighted by atomic mass is 10.1. The van der Waals surface area contributed by atoms with Gasteiger partial charge in [-0.1, -0.05) is 24.6 Å². The summed E-state index contributed by atoms with van der Waals surface area (Å²) in [5.41, 5.74) is 2.14. The maximum absolute atomic E-state index is 5.80. The van der Waals surface area contributed by atoms with Crippen molar-refractivity contribution in [3.8, 4) is 11.5 Å². The van der Waals surface area contributed by atoms with Gasteiger partial charge in [0, 0.05) is 12.1 Å². The van der Waals surface area contributed by atoms with Gasteiger partial charge in [0.2, 0.25) is 5.89 Å². The number of hydrogen-bond acceptors (Lipinski definition) is 3. The van der Waals surface area contributed by atoms with Crippen LogP contribution in [-0.2, 0) is 6.54 Å². The standard InChI is InChI=1S/C16H20N2O/c1-13-15(12-18-10-6-3-7-11-18)17-16(19-13)14-8-4-2-5-9-14/h2,4-5,8-9H,3,6-7,10-12H2,1H3. The number of hydrogen-bond donors (Lipinski definition) is 0. The van der Waals surface area contributed by atoms with Gasteiger partial charge < -0.3 is 4.42 Å². The van der Waals surface area contributed by atoms with E-state index < -0.39 is 0 Å². The maximum atomic E-state index is 5.80. The third-order valence-electron chi connectivity index (χ3n) is 3.74. The van der Waals surface area contributed by atoms with E-state index in [-0.39, 0.29) is 0 Å². The van der Waals surface area contributed by atoms with Crippen molar-refractivity contribution < 1.29 is 4.42 Å². The summed E-state index contributed by atoms with van der Waals surface area (Å²) in [7, 11) is 0. The molecule has 1 aromatic carbocycles.